The maximum Gasteiger partial charge on any atom is 0.110 e. The molecule has 1 unspecified atom stereocenters. The molecule has 1 atom stereocenters. The minimum absolute atomic E-state index is 0.420. The van der Waals surface area contributed by atoms with Crippen molar-refractivity contribution in [1.29, 1.82) is 0 Å². The van der Waals surface area contributed by atoms with E-state index in [0.29, 0.717) is 6.23 Å². The lowest BCUT2D eigenvalue weighted by Gasteiger charge is -2.33. The summed E-state index contributed by atoms with van der Waals surface area (Å²) in [6.45, 7) is 7.71. The number of nitrogens with zero attached hydrogens (tertiary/aromatic N) is 1. The lowest BCUT2D eigenvalue weighted by molar-refractivity contribution is -0.0837. The Morgan fingerprint density at radius 1 is 1.33 bits per heavy atom. The maximum absolute atomic E-state index is 5.71. The Bertz CT molecular complexity index is 108. The molecule has 0 amide bonds. The summed E-state index contributed by atoms with van der Waals surface area (Å²) in [6.07, 6.45) is 5.47. The number of ether oxygens (including phenoxy) is 1. The van der Waals surface area contributed by atoms with Gasteiger partial charge in [0, 0.05) is 13.2 Å². The maximum atomic E-state index is 5.71. The Hall–Kier alpha value is -0.0800. The van der Waals surface area contributed by atoms with E-state index in [1.807, 2.05) is 0 Å². The molecular weight excluding hydrogens is 150 g/mol. The van der Waals surface area contributed by atoms with Gasteiger partial charge < -0.3 is 4.74 Å². The summed E-state index contributed by atoms with van der Waals surface area (Å²) in [5, 5.41) is 0. The molecular formula is C10H21NO. The van der Waals surface area contributed by atoms with Crippen molar-refractivity contribution in [1.82, 2.24) is 4.90 Å². The van der Waals surface area contributed by atoms with E-state index in [2.05, 4.69) is 18.7 Å². The van der Waals surface area contributed by atoms with Crippen molar-refractivity contribution >= 4 is 0 Å². The van der Waals surface area contributed by atoms with Gasteiger partial charge in [0.15, 0.2) is 0 Å². The standard InChI is InChI=1S/C10H21NO/c1-3-8-11(4-2)10-7-5-6-9-12-10/h10H,3-9H2,1-2H3. The van der Waals surface area contributed by atoms with Gasteiger partial charge in [0.05, 0.1) is 0 Å². The molecule has 2 heteroatoms. The Morgan fingerprint density at radius 3 is 2.67 bits per heavy atom. The van der Waals surface area contributed by atoms with E-state index >= 15 is 0 Å². The summed E-state index contributed by atoms with van der Waals surface area (Å²) in [5.41, 5.74) is 0. The lowest BCUT2D eigenvalue weighted by atomic mass is 10.1. The van der Waals surface area contributed by atoms with Gasteiger partial charge in [-0.25, -0.2) is 0 Å². The van der Waals surface area contributed by atoms with Crippen molar-refractivity contribution in [2.75, 3.05) is 19.7 Å². The van der Waals surface area contributed by atoms with E-state index in [1.165, 1.54) is 32.2 Å². The van der Waals surface area contributed by atoms with Crippen molar-refractivity contribution in [2.45, 2.75) is 45.8 Å². The van der Waals surface area contributed by atoms with Crippen LogP contribution in [0.15, 0.2) is 0 Å². The highest BCUT2D eigenvalue weighted by Crippen LogP contribution is 2.16. The van der Waals surface area contributed by atoms with Gasteiger partial charge in [-0.2, -0.15) is 0 Å². The van der Waals surface area contributed by atoms with Gasteiger partial charge in [0.1, 0.15) is 6.23 Å². The second-order valence-electron chi connectivity index (χ2n) is 3.45. The summed E-state index contributed by atoms with van der Waals surface area (Å²) < 4.78 is 5.71. The molecule has 1 fully saturated rings. The number of rotatable bonds is 4. The highest BCUT2D eigenvalue weighted by molar-refractivity contribution is 4.65. The third-order valence-electron chi connectivity index (χ3n) is 2.48. The highest BCUT2D eigenvalue weighted by Gasteiger charge is 2.19. The Kier molecular flexibility index (Phi) is 4.62. The molecule has 72 valence electrons. The van der Waals surface area contributed by atoms with E-state index in [4.69, 9.17) is 4.74 Å². The summed E-state index contributed by atoms with van der Waals surface area (Å²) in [7, 11) is 0. The molecule has 1 aliphatic heterocycles. The number of hydrogen-bond donors (Lipinski definition) is 0. The van der Waals surface area contributed by atoms with Crippen molar-refractivity contribution in [3.63, 3.8) is 0 Å². The topological polar surface area (TPSA) is 12.5 Å². The molecule has 0 radical (unpaired) electrons. The molecule has 12 heavy (non-hydrogen) atoms. The second kappa shape index (κ2) is 5.55. The predicted molar refractivity (Wildman–Crippen MR) is 51.1 cm³/mol. The highest BCUT2D eigenvalue weighted by atomic mass is 16.5. The quantitative estimate of drug-likeness (QED) is 0.643. The summed E-state index contributed by atoms with van der Waals surface area (Å²) in [6, 6.07) is 0. The Labute approximate surface area is 75.9 Å². The fourth-order valence-corrected chi connectivity index (χ4v) is 1.80. The van der Waals surface area contributed by atoms with E-state index in [0.717, 1.165) is 13.2 Å². The zero-order valence-corrected chi connectivity index (χ0v) is 8.38. The largest absolute Gasteiger partial charge is 0.363 e. The minimum Gasteiger partial charge on any atom is -0.363 e. The van der Waals surface area contributed by atoms with Crippen molar-refractivity contribution in [3.8, 4) is 0 Å². The zero-order valence-electron chi connectivity index (χ0n) is 8.38. The van der Waals surface area contributed by atoms with Gasteiger partial charge in [0.25, 0.3) is 0 Å². The minimum atomic E-state index is 0.420. The van der Waals surface area contributed by atoms with Crippen LogP contribution in [-0.2, 0) is 4.74 Å². The first-order chi connectivity index (χ1) is 5.88. The molecule has 0 bridgehead atoms. The lowest BCUT2D eigenvalue weighted by Crippen LogP contribution is -2.39. The molecule has 0 spiro atoms. The van der Waals surface area contributed by atoms with Crippen LogP contribution < -0.4 is 0 Å². The Balaban J connectivity index is 2.29. The second-order valence-corrected chi connectivity index (χ2v) is 3.45. The van der Waals surface area contributed by atoms with E-state index < -0.39 is 0 Å². The average Bonchev–Trinajstić information content (AvgIpc) is 2.15. The first kappa shape index (κ1) is 10.0. The molecule has 2 nitrogen and oxygen atoms in total. The average molecular weight is 171 g/mol. The van der Waals surface area contributed by atoms with Gasteiger partial charge in [-0.3, -0.25) is 4.90 Å². The van der Waals surface area contributed by atoms with Crippen LogP contribution in [0.5, 0.6) is 0 Å². The van der Waals surface area contributed by atoms with Crippen LogP contribution >= 0.6 is 0 Å². The van der Waals surface area contributed by atoms with Gasteiger partial charge >= 0.3 is 0 Å². The SMILES string of the molecule is CCCN(CC)C1CCCCO1. The van der Waals surface area contributed by atoms with Gasteiger partial charge in [-0.15, -0.1) is 0 Å². The summed E-state index contributed by atoms with van der Waals surface area (Å²) in [5.74, 6) is 0. The van der Waals surface area contributed by atoms with Crippen molar-refractivity contribution in [2.24, 2.45) is 0 Å². The predicted octanol–water partition coefficient (Wildman–Crippen LogP) is 2.24. The smallest absolute Gasteiger partial charge is 0.110 e. The Morgan fingerprint density at radius 2 is 2.17 bits per heavy atom. The van der Waals surface area contributed by atoms with Gasteiger partial charge in [-0.1, -0.05) is 13.8 Å². The fourth-order valence-electron chi connectivity index (χ4n) is 1.80. The van der Waals surface area contributed by atoms with Gasteiger partial charge in [-0.05, 0) is 32.2 Å². The van der Waals surface area contributed by atoms with Crippen molar-refractivity contribution < 1.29 is 4.74 Å². The summed E-state index contributed by atoms with van der Waals surface area (Å²) in [4.78, 5) is 2.44. The normalized spacial score (nSPS) is 24.8. The van der Waals surface area contributed by atoms with Crippen LogP contribution in [0.1, 0.15) is 39.5 Å². The third kappa shape index (κ3) is 2.76. The molecule has 0 aromatic heterocycles. The molecule has 0 aliphatic carbocycles. The fraction of sp³-hybridized carbons (Fsp3) is 1.00. The van der Waals surface area contributed by atoms with E-state index in [9.17, 15) is 0 Å². The monoisotopic (exact) mass is 171 g/mol. The molecule has 0 N–H and O–H groups in total. The van der Waals surface area contributed by atoms with Gasteiger partial charge in [0.2, 0.25) is 0 Å². The molecule has 1 rings (SSSR count). The first-order valence-corrected chi connectivity index (χ1v) is 5.24. The molecule has 1 heterocycles. The third-order valence-corrected chi connectivity index (χ3v) is 2.48. The van der Waals surface area contributed by atoms with Crippen LogP contribution in [0.3, 0.4) is 0 Å². The van der Waals surface area contributed by atoms with Crippen molar-refractivity contribution in [3.05, 3.63) is 0 Å². The van der Waals surface area contributed by atoms with Crippen LogP contribution in [0.4, 0.5) is 0 Å². The van der Waals surface area contributed by atoms with E-state index in [1.54, 1.807) is 0 Å². The molecule has 1 aliphatic rings. The van der Waals surface area contributed by atoms with Crippen LogP contribution in [-0.4, -0.2) is 30.8 Å². The van der Waals surface area contributed by atoms with E-state index in [-0.39, 0.29) is 0 Å². The summed E-state index contributed by atoms with van der Waals surface area (Å²) >= 11 is 0. The molecule has 0 aromatic rings. The molecule has 1 saturated heterocycles. The first-order valence-electron chi connectivity index (χ1n) is 5.24. The van der Waals surface area contributed by atoms with Crippen LogP contribution in [0.25, 0.3) is 0 Å². The molecule has 0 saturated carbocycles. The van der Waals surface area contributed by atoms with Crippen LogP contribution in [0.2, 0.25) is 0 Å². The van der Waals surface area contributed by atoms with Crippen LogP contribution in [0, 0.1) is 0 Å². The number of hydrogen-bond acceptors (Lipinski definition) is 2. The molecule has 0 aromatic carbocycles. The zero-order chi connectivity index (χ0) is 8.81.